The molecule has 1 rings (SSSR count). The first kappa shape index (κ1) is 14.6. The van der Waals surface area contributed by atoms with Crippen LogP contribution in [0.2, 0.25) is 10.0 Å². The van der Waals surface area contributed by atoms with Crippen LogP contribution in [-0.2, 0) is 0 Å². The van der Waals surface area contributed by atoms with Gasteiger partial charge in [0.25, 0.3) is 0 Å². The molecule has 0 heterocycles. The third kappa shape index (κ3) is 5.62. The second kappa shape index (κ2) is 7.80. The second-order valence-electron chi connectivity index (χ2n) is 4.22. The Balaban J connectivity index is 2.22. The Bertz CT molecular complexity index is 322. The summed E-state index contributed by atoms with van der Waals surface area (Å²) in [5.41, 5.74) is 0. The number of para-hydroxylation sites is 1. The van der Waals surface area contributed by atoms with Gasteiger partial charge in [-0.05, 0) is 31.5 Å². The number of rotatable bonds is 7. The molecule has 0 aromatic heterocycles. The average Bonchev–Trinajstić information content (AvgIpc) is 2.26. The van der Waals surface area contributed by atoms with Crippen molar-refractivity contribution >= 4 is 23.2 Å². The van der Waals surface area contributed by atoms with Crippen molar-refractivity contribution in [3.05, 3.63) is 28.2 Å². The average molecular weight is 276 g/mol. The molecule has 0 aliphatic heterocycles. The van der Waals surface area contributed by atoms with E-state index >= 15 is 0 Å². The van der Waals surface area contributed by atoms with Gasteiger partial charge in [0.15, 0.2) is 5.75 Å². The molecule has 0 saturated carbocycles. The van der Waals surface area contributed by atoms with Crippen molar-refractivity contribution in [2.24, 2.45) is 0 Å². The molecule has 0 atom stereocenters. The predicted molar refractivity (Wildman–Crippen MR) is 74.3 cm³/mol. The van der Waals surface area contributed by atoms with Gasteiger partial charge in [0.1, 0.15) is 0 Å². The number of hydrogen-bond acceptors (Lipinski definition) is 2. The molecule has 96 valence electrons. The molecule has 0 aliphatic rings. The maximum atomic E-state index is 5.99. The predicted octanol–water partition coefficient (Wildman–Crippen LogP) is 4.15. The molecular formula is C13H19Cl2NO. The molecule has 0 spiro atoms. The minimum absolute atomic E-state index is 0.536. The number of ether oxygens (including phenoxy) is 1. The van der Waals surface area contributed by atoms with Crippen LogP contribution >= 0.6 is 23.2 Å². The Labute approximate surface area is 113 Å². The van der Waals surface area contributed by atoms with Crippen molar-refractivity contribution in [3.8, 4) is 5.75 Å². The Hall–Kier alpha value is -0.440. The van der Waals surface area contributed by atoms with Crippen molar-refractivity contribution < 1.29 is 4.74 Å². The summed E-state index contributed by atoms with van der Waals surface area (Å²) in [5.74, 6) is 0.590. The molecule has 1 aromatic carbocycles. The molecule has 0 unspecified atom stereocenters. The van der Waals surface area contributed by atoms with Gasteiger partial charge in [-0.1, -0.05) is 43.1 Å². The van der Waals surface area contributed by atoms with Gasteiger partial charge in [0, 0.05) is 6.04 Å². The number of halogens is 2. The van der Waals surface area contributed by atoms with Crippen LogP contribution in [0.15, 0.2) is 18.2 Å². The van der Waals surface area contributed by atoms with E-state index in [1.165, 1.54) is 0 Å². The molecule has 1 N–H and O–H groups in total. The lowest BCUT2D eigenvalue weighted by atomic mass is 10.3. The Kier molecular flexibility index (Phi) is 6.71. The fourth-order valence-electron chi connectivity index (χ4n) is 1.41. The van der Waals surface area contributed by atoms with E-state index in [1.54, 1.807) is 12.1 Å². The van der Waals surface area contributed by atoms with Crippen LogP contribution in [0.5, 0.6) is 5.75 Å². The van der Waals surface area contributed by atoms with Crippen LogP contribution in [0.4, 0.5) is 0 Å². The summed E-state index contributed by atoms with van der Waals surface area (Å²) < 4.78 is 5.58. The lowest BCUT2D eigenvalue weighted by Crippen LogP contribution is -2.23. The Morgan fingerprint density at radius 1 is 1.18 bits per heavy atom. The summed E-state index contributed by atoms with van der Waals surface area (Å²) in [6, 6.07) is 5.91. The number of nitrogens with one attached hydrogen (secondary N) is 1. The van der Waals surface area contributed by atoms with E-state index in [1.807, 2.05) is 6.07 Å². The lowest BCUT2D eigenvalue weighted by Gasteiger charge is -2.10. The number of hydrogen-bond donors (Lipinski definition) is 1. The highest BCUT2D eigenvalue weighted by Gasteiger charge is 2.05. The van der Waals surface area contributed by atoms with Crippen molar-refractivity contribution in [3.63, 3.8) is 0 Å². The van der Waals surface area contributed by atoms with Gasteiger partial charge >= 0.3 is 0 Å². The van der Waals surface area contributed by atoms with E-state index in [0.29, 0.717) is 28.4 Å². The molecule has 17 heavy (non-hydrogen) atoms. The summed E-state index contributed by atoms with van der Waals surface area (Å²) in [4.78, 5) is 0. The van der Waals surface area contributed by atoms with Gasteiger partial charge in [-0.25, -0.2) is 0 Å². The maximum Gasteiger partial charge on any atom is 0.156 e. The standard InChI is InChI=1S/C13H19Cl2NO/c1-10(2)16-8-3-4-9-17-13-11(14)6-5-7-12(13)15/h5-7,10,16H,3-4,8-9H2,1-2H3. The minimum Gasteiger partial charge on any atom is -0.490 e. The highest BCUT2D eigenvalue weighted by Crippen LogP contribution is 2.32. The molecular weight excluding hydrogens is 257 g/mol. The summed E-state index contributed by atoms with van der Waals surface area (Å²) in [6.45, 7) is 5.93. The fourth-order valence-corrected chi connectivity index (χ4v) is 1.92. The minimum atomic E-state index is 0.536. The number of benzene rings is 1. The SMILES string of the molecule is CC(C)NCCCCOc1c(Cl)cccc1Cl. The van der Waals surface area contributed by atoms with Gasteiger partial charge in [-0.3, -0.25) is 0 Å². The smallest absolute Gasteiger partial charge is 0.156 e. The first-order valence-electron chi connectivity index (χ1n) is 5.91. The summed E-state index contributed by atoms with van der Waals surface area (Å²) in [7, 11) is 0. The topological polar surface area (TPSA) is 21.3 Å². The van der Waals surface area contributed by atoms with Crippen LogP contribution in [-0.4, -0.2) is 19.2 Å². The Morgan fingerprint density at radius 2 is 1.82 bits per heavy atom. The van der Waals surface area contributed by atoms with Gasteiger partial charge in [0.05, 0.1) is 16.7 Å². The zero-order chi connectivity index (χ0) is 12.7. The maximum absolute atomic E-state index is 5.99. The van der Waals surface area contributed by atoms with Gasteiger partial charge in [0.2, 0.25) is 0 Å². The van der Waals surface area contributed by atoms with Crippen LogP contribution in [0.25, 0.3) is 0 Å². The van der Waals surface area contributed by atoms with E-state index in [4.69, 9.17) is 27.9 Å². The van der Waals surface area contributed by atoms with Crippen LogP contribution in [0, 0.1) is 0 Å². The molecule has 2 nitrogen and oxygen atoms in total. The molecule has 0 amide bonds. The molecule has 0 fully saturated rings. The zero-order valence-electron chi connectivity index (χ0n) is 10.3. The van der Waals surface area contributed by atoms with Gasteiger partial charge in [-0.15, -0.1) is 0 Å². The van der Waals surface area contributed by atoms with Crippen LogP contribution in [0.1, 0.15) is 26.7 Å². The van der Waals surface area contributed by atoms with Crippen molar-refractivity contribution in [2.75, 3.05) is 13.2 Å². The largest absolute Gasteiger partial charge is 0.490 e. The number of unbranched alkanes of at least 4 members (excludes halogenated alkanes) is 1. The van der Waals surface area contributed by atoms with E-state index < -0.39 is 0 Å². The third-order valence-corrected chi connectivity index (χ3v) is 2.88. The molecule has 0 aliphatic carbocycles. The molecule has 0 bridgehead atoms. The first-order chi connectivity index (χ1) is 8.11. The highest BCUT2D eigenvalue weighted by molar-refractivity contribution is 6.37. The van der Waals surface area contributed by atoms with Crippen molar-refractivity contribution in [2.45, 2.75) is 32.7 Å². The second-order valence-corrected chi connectivity index (χ2v) is 5.03. The van der Waals surface area contributed by atoms with Crippen LogP contribution < -0.4 is 10.1 Å². The van der Waals surface area contributed by atoms with Crippen molar-refractivity contribution in [1.82, 2.24) is 5.32 Å². The van der Waals surface area contributed by atoms with Crippen molar-refractivity contribution in [1.29, 1.82) is 0 Å². The molecule has 4 heteroatoms. The zero-order valence-corrected chi connectivity index (χ0v) is 11.8. The quantitative estimate of drug-likeness (QED) is 0.755. The van der Waals surface area contributed by atoms with E-state index in [2.05, 4.69) is 19.2 Å². The molecule has 1 aromatic rings. The normalized spacial score (nSPS) is 10.9. The first-order valence-corrected chi connectivity index (χ1v) is 6.67. The molecule has 0 saturated heterocycles. The lowest BCUT2D eigenvalue weighted by molar-refractivity contribution is 0.305. The molecule has 0 radical (unpaired) electrons. The van der Waals surface area contributed by atoms with Gasteiger partial charge < -0.3 is 10.1 Å². The highest BCUT2D eigenvalue weighted by atomic mass is 35.5. The Morgan fingerprint density at radius 3 is 2.41 bits per heavy atom. The summed E-state index contributed by atoms with van der Waals surface area (Å²) in [5, 5.41) is 4.49. The third-order valence-electron chi connectivity index (χ3n) is 2.29. The van der Waals surface area contributed by atoms with E-state index in [0.717, 1.165) is 19.4 Å². The van der Waals surface area contributed by atoms with Gasteiger partial charge in [-0.2, -0.15) is 0 Å². The van der Waals surface area contributed by atoms with E-state index in [-0.39, 0.29) is 0 Å². The summed E-state index contributed by atoms with van der Waals surface area (Å²) in [6.07, 6.45) is 2.07. The van der Waals surface area contributed by atoms with Crippen LogP contribution in [0.3, 0.4) is 0 Å². The summed E-state index contributed by atoms with van der Waals surface area (Å²) >= 11 is 12.0. The monoisotopic (exact) mass is 275 g/mol. The van der Waals surface area contributed by atoms with E-state index in [9.17, 15) is 0 Å². The fraction of sp³-hybridized carbons (Fsp3) is 0.538.